The molecular formula is C25H26Br2N2O4S. The molecular weight excluding hydrogens is 584 g/mol. The Morgan fingerprint density at radius 3 is 1.88 bits per heavy atom. The zero-order valence-corrected chi connectivity index (χ0v) is 23.1. The summed E-state index contributed by atoms with van der Waals surface area (Å²) in [6.07, 6.45) is 1.07. The third-order valence-corrected chi connectivity index (χ3v) is 8.41. The third-order valence-electron chi connectivity index (χ3n) is 5.44. The molecule has 0 aliphatic rings. The van der Waals surface area contributed by atoms with Gasteiger partial charge in [-0.05, 0) is 66.4 Å². The number of hydrogen-bond donors (Lipinski definition) is 1. The first-order valence-electron chi connectivity index (χ1n) is 10.5. The van der Waals surface area contributed by atoms with E-state index < -0.39 is 10.0 Å². The fourth-order valence-corrected chi connectivity index (χ4v) is 5.52. The molecule has 6 nitrogen and oxygen atoms in total. The van der Waals surface area contributed by atoms with Gasteiger partial charge in [-0.2, -0.15) is 4.31 Å². The highest BCUT2D eigenvalue weighted by Gasteiger charge is 2.29. The number of rotatable bonds is 9. The molecule has 9 heteroatoms. The number of carbonyl (C=O) groups is 1. The summed E-state index contributed by atoms with van der Waals surface area (Å²) in [4.78, 5) is 11.7. The van der Waals surface area contributed by atoms with Crippen molar-refractivity contribution >= 4 is 53.5 Å². The average Bonchev–Trinajstić information content (AvgIpc) is 2.80. The molecule has 0 aliphatic carbocycles. The number of nitrogens with zero attached hydrogens (tertiary/aromatic N) is 1. The molecule has 0 radical (unpaired) electrons. The zero-order chi connectivity index (χ0) is 24.9. The number of hydrogen-bond acceptors (Lipinski definition) is 4. The number of likely N-dealkylation sites (N-methyl/N-ethyl adjacent to an activating group) is 1. The minimum atomic E-state index is -3.87. The van der Waals surface area contributed by atoms with E-state index >= 15 is 0 Å². The normalized spacial score (nSPS) is 11.6. The van der Waals surface area contributed by atoms with Gasteiger partial charge in [0, 0.05) is 29.0 Å². The molecule has 0 aromatic heterocycles. The highest BCUT2D eigenvalue weighted by atomic mass is 79.9. The van der Waals surface area contributed by atoms with Crippen molar-refractivity contribution in [3.05, 3.63) is 86.8 Å². The third kappa shape index (κ3) is 6.69. The molecule has 0 heterocycles. The van der Waals surface area contributed by atoms with Crippen molar-refractivity contribution in [3.63, 3.8) is 0 Å². The van der Waals surface area contributed by atoms with Gasteiger partial charge in [0.05, 0.1) is 17.7 Å². The summed E-state index contributed by atoms with van der Waals surface area (Å²) >= 11 is 6.90. The molecule has 0 fully saturated rings. The summed E-state index contributed by atoms with van der Waals surface area (Å²) in [6, 6.07) is 19.9. The summed E-state index contributed by atoms with van der Waals surface area (Å²) in [5.41, 5.74) is 2.36. The SMILES string of the molecule is COc1ccc(S(=O)(=O)N(C)C(Cc2ccc(Br)cc2)Cc2ccc(Br)cc2)cc1NC(C)=O. The van der Waals surface area contributed by atoms with Crippen molar-refractivity contribution in [2.24, 2.45) is 0 Å². The molecule has 34 heavy (non-hydrogen) atoms. The molecule has 3 rings (SSSR count). The van der Waals surface area contributed by atoms with Crippen molar-refractivity contribution in [1.29, 1.82) is 0 Å². The van der Waals surface area contributed by atoms with E-state index in [0.29, 0.717) is 24.3 Å². The lowest BCUT2D eigenvalue weighted by atomic mass is 9.99. The smallest absolute Gasteiger partial charge is 0.243 e. The predicted molar refractivity (Wildman–Crippen MR) is 142 cm³/mol. The van der Waals surface area contributed by atoms with Gasteiger partial charge >= 0.3 is 0 Å². The van der Waals surface area contributed by atoms with Crippen molar-refractivity contribution in [1.82, 2.24) is 4.31 Å². The van der Waals surface area contributed by atoms with Crippen molar-refractivity contribution in [2.75, 3.05) is 19.5 Å². The van der Waals surface area contributed by atoms with Gasteiger partial charge in [-0.1, -0.05) is 56.1 Å². The Hall–Kier alpha value is -2.20. The maximum absolute atomic E-state index is 13.7. The lowest BCUT2D eigenvalue weighted by molar-refractivity contribution is -0.114. The van der Waals surface area contributed by atoms with E-state index in [0.717, 1.165) is 20.1 Å². The van der Waals surface area contributed by atoms with Crippen molar-refractivity contribution < 1.29 is 17.9 Å². The standard InChI is InChI=1S/C25H26Br2N2O4S/c1-17(30)28-24-16-23(12-13-25(24)33-3)34(31,32)29(2)22(14-18-4-8-20(26)9-5-18)15-19-6-10-21(27)11-7-19/h4-13,16,22H,14-15H2,1-3H3,(H,28,30). The lowest BCUT2D eigenvalue weighted by Crippen LogP contribution is -2.40. The Kier molecular flexibility index (Phi) is 8.92. The summed E-state index contributed by atoms with van der Waals surface area (Å²) in [5, 5.41) is 2.64. The number of nitrogens with one attached hydrogen (secondary N) is 1. The molecule has 0 atom stereocenters. The van der Waals surface area contributed by atoms with Crippen LogP contribution < -0.4 is 10.1 Å². The van der Waals surface area contributed by atoms with E-state index in [-0.39, 0.29) is 16.8 Å². The minimum Gasteiger partial charge on any atom is -0.495 e. The van der Waals surface area contributed by atoms with Crippen LogP contribution in [0.5, 0.6) is 5.75 Å². The van der Waals surface area contributed by atoms with Gasteiger partial charge in [0.2, 0.25) is 15.9 Å². The maximum atomic E-state index is 13.7. The Morgan fingerprint density at radius 2 is 1.44 bits per heavy atom. The second-order valence-electron chi connectivity index (χ2n) is 7.88. The Morgan fingerprint density at radius 1 is 0.941 bits per heavy atom. The molecule has 0 saturated heterocycles. The van der Waals surface area contributed by atoms with Gasteiger partial charge in [-0.15, -0.1) is 0 Å². The van der Waals surface area contributed by atoms with E-state index in [2.05, 4.69) is 37.2 Å². The van der Waals surface area contributed by atoms with Gasteiger partial charge in [0.25, 0.3) is 0 Å². The molecule has 1 amide bonds. The van der Waals surface area contributed by atoms with Crippen LogP contribution in [-0.4, -0.2) is 38.8 Å². The number of amides is 1. The number of ether oxygens (including phenoxy) is 1. The second-order valence-corrected chi connectivity index (χ2v) is 11.7. The van der Waals surface area contributed by atoms with Gasteiger partial charge in [0.1, 0.15) is 5.75 Å². The molecule has 0 bridgehead atoms. The topological polar surface area (TPSA) is 75.7 Å². The number of benzene rings is 3. The van der Waals surface area contributed by atoms with Crippen LogP contribution in [0.15, 0.2) is 80.6 Å². The molecule has 180 valence electrons. The Bertz CT molecular complexity index is 1200. The minimum absolute atomic E-state index is 0.0798. The molecule has 0 saturated carbocycles. The zero-order valence-electron chi connectivity index (χ0n) is 19.1. The largest absolute Gasteiger partial charge is 0.495 e. The Balaban J connectivity index is 1.97. The van der Waals surface area contributed by atoms with Crippen LogP contribution in [0.4, 0.5) is 5.69 Å². The quantitative estimate of drug-likeness (QED) is 0.340. The average molecular weight is 610 g/mol. The molecule has 1 N–H and O–H groups in total. The van der Waals surface area contributed by atoms with Crippen LogP contribution in [0.3, 0.4) is 0 Å². The summed E-state index contributed by atoms with van der Waals surface area (Å²) in [6.45, 7) is 1.36. The van der Waals surface area contributed by atoms with Gasteiger partial charge in [-0.25, -0.2) is 8.42 Å². The molecule has 0 aliphatic heterocycles. The van der Waals surface area contributed by atoms with Crippen LogP contribution in [0, 0.1) is 0 Å². The van der Waals surface area contributed by atoms with E-state index in [1.54, 1.807) is 13.1 Å². The monoisotopic (exact) mass is 608 g/mol. The number of methoxy groups -OCH3 is 1. The van der Waals surface area contributed by atoms with Gasteiger partial charge < -0.3 is 10.1 Å². The second kappa shape index (κ2) is 11.5. The van der Waals surface area contributed by atoms with Crippen LogP contribution in [0.25, 0.3) is 0 Å². The summed E-state index contributed by atoms with van der Waals surface area (Å²) in [7, 11) is -0.807. The summed E-state index contributed by atoms with van der Waals surface area (Å²) < 4.78 is 35.9. The van der Waals surface area contributed by atoms with Crippen LogP contribution in [0.2, 0.25) is 0 Å². The Labute approximate surface area is 217 Å². The highest BCUT2D eigenvalue weighted by molar-refractivity contribution is 9.10. The van der Waals surface area contributed by atoms with Crippen LogP contribution in [0.1, 0.15) is 18.1 Å². The number of sulfonamides is 1. The lowest BCUT2D eigenvalue weighted by Gasteiger charge is -2.28. The molecule has 3 aromatic rings. The molecule has 0 unspecified atom stereocenters. The van der Waals surface area contributed by atoms with Crippen LogP contribution >= 0.6 is 31.9 Å². The number of halogens is 2. The van der Waals surface area contributed by atoms with E-state index in [9.17, 15) is 13.2 Å². The van der Waals surface area contributed by atoms with E-state index in [1.165, 1.54) is 30.5 Å². The fraction of sp³-hybridized carbons (Fsp3) is 0.240. The van der Waals surface area contributed by atoms with E-state index in [4.69, 9.17) is 4.74 Å². The molecule has 0 spiro atoms. The van der Waals surface area contributed by atoms with Crippen LogP contribution in [-0.2, 0) is 27.7 Å². The first-order chi connectivity index (χ1) is 16.1. The maximum Gasteiger partial charge on any atom is 0.243 e. The number of carbonyl (C=O) groups excluding carboxylic acids is 1. The molecule has 3 aromatic carbocycles. The van der Waals surface area contributed by atoms with E-state index in [1.807, 2.05) is 48.5 Å². The van der Waals surface area contributed by atoms with Gasteiger partial charge in [0.15, 0.2) is 0 Å². The first-order valence-corrected chi connectivity index (χ1v) is 13.6. The van der Waals surface area contributed by atoms with Crippen molar-refractivity contribution in [2.45, 2.75) is 30.7 Å². The summed E-state index contributed by atoms with van der Waals surface area (Å²) in [5.74, 6) is 0.0719. The van der Waals surface area contributed by atoms with Gasteiger partial charge in [-0.3, -0.25) is 4.79 Å². The van der Waals surface area contributed by atoms with Crippen molar-refractivity contribution in [3.8, 4) is 5.75 Å². The fourth-order valence-electron chi connectivity index (χ4n) is 3.61. The highest BCUT2D eigenvalue weighted by Crippen LogP contribution is 2.30. The predicted octanol–water partition coefficient (Wildman–Crippen LogP) is 5.65. The number of anilines is 1. The first kappa shape index (κ1) is 26.4.